The molecule has 1 aliphatic rings. The molecule has 0 spiro atoms. The molecular formula is C33H38Cl2N4O5S. The Bertz CT molecular complexity index is 1620. The number of Topliss-reactive ketones (excluding diaryl/α,β-unsaturated/α-hetero) is 1. The number of carbonyl (C=O) groups excluding carboxylic acids is 2. The van der Waals surface area contributed by atoms with Gasteiger partial charge in [0.05, 0.1) is 35.4 Å². The van der Waals surface area contributed by atoms with Crippen LogP contribution in [0, 0.1) is 0 Å². The number of benzene rings is 3. The number of rotatable bonds is 13. The van der Waals surface area contributed by atoms with Crippen molar-refractivity contribution in [1.29, 1.82) is 0 Å². The lowest BCUT2D eigenvalue weighted by molar-refractivity contribution is -0.118. The molecule has 0 aromatic heterocycles. The van der Waals surface area contributed by atoms with Crippen molar-refractivity contribution in [3.63, 3.8) is 0 Å². The lowest BCUT2D eigenvalue weighted by Gasteiger charge is -2.25. The van der Waals surface area contributed by atoms with Gasteiger partial charge in [-0.15, -0.1) is 0 Å². The van der Waals surface area contributed by atoms with Gasteiger partial charge in [-0.2, -0.15) is 0 Å². The third-order valence-electron chi connectivity index (χ3n) is 6.92. The van der Waals surface area contributed by atoms with Crippen molar-refractivity contribution in [3.8, 4) is 0 Å². The lowest BCUT2D eigenvalue weighted by atomic mass is 10.1. The number of anilines is 1. The molecule has 0 bridgehead atoms. The van der Waals surface area contributed by atoms with Gasteiger partial charge in [0.25, 0.3) is 10.0 Å². The van der Waals surface area contributed by atoms with E-state index in [-0.39, 0.29) is 40.2 Å². The number of sulfonamides is 1. The molecule has 4 rings (SSSR count). The first-order valence-electron chi connectivity index (χ1n) is 14.8. The van der Waals surface area contributed by atoms with Crippen LogP contribution in [0.1, 0.15) is 44.7 Å². The molecule has 0 fully saturated rings. The van der Waals surface area contributed by atoms with E-state index in [1.54, 1.807) is 41.3 Å². The molecular weight excluding hydrogens is 635 g/mol. The van der Waals surface area contributed by atoms with Gasteiger partial charge in [0.1, 0.15) is 22.1 Å². The zero-order valence-corrected chi connectivity index (χ0v) is 28.0. The molecule has 3 aromatic carbocycles. The molecule has 3 aromatic rings. The molecule has 0 radical (unpaired) electrons. The predicted molar refractivity (Wildman–Crippen MR) is 179 cm³/mol. The fourth-order valence-electron chi connectivity index (χ4n) is 4.76. The number of carbonyl (C=O) groups is 2. The highest BCUT2D eigenvalue weighted by molar-refractivity contribution is 7.93. The summed E-state index contributed by atoms with van der Waals surface area (Å²) < 4.78 is 33.9. The number of aliphatic imine (C=N–C) groups is 1. The number of ketones is 1. The highest BCUT2D eigenvalue weighted by atomic mass is 35.5. The highest BCUT2D eigenvalue weighted by Crippen LogP contribution is 2.33. The van der Waals surface area contributed by atoms with Gasteiger partial charge >= 0.3 is 6.09 Å². The Labute approximate surface area is 275 Å². The molecule has 1 aliphatic heterocycles. The zero-order valence-electron chi connectivity index (χ0n) is 25.6. The van der Waals surface area contributed by atoms with E-state index in [4.69, 9.17) is 27.9 Å². The largest absolute Gasteiger partial charge is 0.443 e. The van der Waals surface area contributed by atoms with Crippen LogP contribution in [0.4, 0.5) is 10.5 Å². The van der Waals surface area contributed by atoms with E-state index in [2.05, 4.69) is 10.3 Å². The van der Waals surface area contributed by atoms with Gasteiger partial charge in [-0.25, -0.2) is 13.2 Å². The first kappa shape index (κ1) is 34.4. The van der Waals surface area contributed by atoms with Gasteiger partial charge in [0.2, 0.25) is 0 Å². The summed E-state index contributed by atoms with van der Waals surface area (Å²) in [6.45, 7) is 7.39. The Morgan fingerprint density at radius 2 is 1.71 bits per heavy atom. The van der Waals surface area contributed by atoms with Gasteiger partial charge in [0, 0.05) is 18.5 Å². The quantitative estimate of drug-likeness (QED) is 0.212. The molecule has 12 heteroatoms. The number of para-hydroxylation sites is 1. The van der Waals surface area contributed by atoms with Crippen LogP contribution in [0.5, 0.6) is 0 Å². The molecule has 1 amide bonds. The van der Waals surface area contributed by atoms with E-state index in [1.165, 1.54) is 16.4 Å². The predicted octanol–water partition coefficient (Wildman–Crippen LogP) is 6.37. The van der Waals surface area contributed by atoms with Gasteiger partial charge in [0.15, 0.2) is 0 Å². The summed E-state index contributed by atoms with van der Waals surface area (Å²) in [6, 6.07) is 21.0. The lowest BCUT2D eigenvalue weighted by Crippen LogP contribution is -2.39. The summed E-state index contributed by atoms with van der Waals surface area (Å²) in [5, 5.41) is 3.29. The van der Waals surface area contributed by atoms with E-state index in [0.717, 1.165) is 11.1 Å². The number of ether oxygens (including phenoxy) is 1. The Morgan fingerprint density at radius 1 is 1.00 bits per heavy atom. The third kappa shape index (κ3) is 9.29. The van der Waals surface area contributed by atoms with Crippen molar-refractivity contribution in [2.24, 2.45) is 4.99 Å². The number of nitrogens with one attached hydrogen (secondary N) is 1. The second-order valence-corrected chi connectivity index (χ2v) is 14.2. The maximum absolute atomic E-state index is 13.6. The van der Waals surface area contributed by atoms with E-state index in [9.17, 15) is 18.0 Å². The topological polar surface area (TPSA) is 108 Å². The van der Waals surface area contributed by atoms with Crippen molar-refractivity contribution in [2.45, 2.75) is 50.5 Å². The molecule has 1 N–H and O–H groups in total. The summed E-state index contributed by atoms with van der Waals surface area (Å²) >= 11 is 12.4. The number of hydrogen-bond acceptors (Lipinski definition) is 7. The van der Waals surface area contributed by atoms with Crippen molar-refractivity contribution >= 4 is 56.6 Å². The molecule has 1 heterocycles. The van der Waals surface area contributed by atoms with Crippen molar-refractivity contribution in [3.05, 3.63) is 94.0 Å². The van der Waals surface area contributed by atoms with Crippen LogP contribution in [0.2, 0.25) is 10.0 Å². The minimum absolute atomic E-state index is 0.0157. The van der Waals surface area contributed by atoms with Crippen molar-refractivity contribution in [1.82, 2.24) is 10.2 Å². The number of amidine groups is 1. The Kier molecular flexibility index (Phi) is 11.7. The summed E-state index contributed by atoms with van der Waals surface area (Å²) in [5.74, 6) is 0.590. The molecule has 0 aliphatic carbocycles. The van der Waals surface area contributed by atoms with Gasteiger partial charge in [-0.05, 0) is 70.0 Å². The first-order valence-corrected chi connectivity index (χ1v) is 16.9. The van der Waals surface area contributed by atoms with E-state index in [0.29, 0.717) is 44.0 Å². The maximum Gasteiger partial charge on any atom is 0.416 e. The zero-order chi connectivity index (χ0) is 32.6. The first-order chi connectivity index (χ1) is 21.4. The van der Waals surface area contributed by atoms with Crippen LogP contribution in [-0.4, -0.2) is 69.4 Å². The van der Waals surface area contributed by atoms with E-state index >= 15 is 0 Å². The maximum atomic E-state index is 13.6. The highest BCUT2D eigenvalue weighted by Gasteiger charge is 2.30. The Hall–Kier alpha value is -3.44. The van der Waals surface area contributed by atoms with Crippen molar-refractivity contribution in [2.75, 3.05) is 37.0 Å². The average molecular weight is 674 g/mol. The standard InChI is InChI=1S/C33H38Cl2N4O5S/c1-33(2,3)44-32(41)38-22-20-37-31(38)25-16-14-24(15-17-25)18-19-36-23-27(40)11-8-21-39(26-9-5-4-6-10-26)45(42,43)29-13-7-12-28(34)30(29)35/h4-7,9-10,12-17,36H,8,11,18-23H2,1-3H3. The van der Waals surface area contributed by atoms with Crippen LogP contribution in [0.3, 0.4) is 0 Å². The molecule has 0 saturated heterocycles. The average Bonchev–Trinajstić information content (AvgIpc) is 3.49. The second-order valence-electron chi connectivity index (χ2n) is 11.6. The normalized spacial score (nSPS) is 13.4. The molecule has 0 unspecified atom stereocenters. The minimum atomic E-state index is -4.02. The summed E-state index contributed by atoms with van der Waals surface area (Å²) in [5.41, 5.74) is 1.81. The summed E-state index contributed by atoms with van der Waals surface area (Å²) in [4.78, 5) is 31.2. The molecule has 240 valence electrons. The molecule has 45 heavy (non-hydrogen) atoms. The van der Waals surface area contributed by atoms with Gasteiger partial charge in [-0.3, -0.25) is 19.0 Å². The number of nitrogens with zero attached hydrogens (tertiary/aromatic N) is 3. The van der Waals surface area contributed by atoms with E-state index < -0.39 is 21.7 Å². The van der Waals surface area contributed by atoms with Crippen LogP contribution in [-0.2, 0) is 26.0 Å². The van der Waals surface area contributed by atoms with Gasteiger partial charge < -0.3 is 10.1 Å². The summed E-state index contributed by atoms with van der Waals surface area (Å²) in [7, 11) is -4.02. The second kappa shape index (κ2) is 15.2. The third-order valence-corrected chi connectivity index (χ3v) is 9.73. The smallest absolute Gasteiger partial charge is 0.416 e. The Balaban J connectivity index is 1.25. The van der Waals surface area contributed by atoms with Crippen LogP contribution >= 0.6 is 23.2 Å². The fraction of sp³-hybridized carbons (Fsp3) is 0.364. The SMILES string of the molecule is CC(C)(C)OC(=O)N1CCN=C1c1ccc(CCNCC(=O)CCCN(c2ccccc2)S(=O)(=O)c2cccc(Cl)c2Cl)cc1. The molecule has 0 saturated carbocycles. The fourth-order valence-corrected chi connectivity index (χ4v) is 7.00. The van der Waals surface area contributed by atoms with Crippen LogP contribution in [0.25, 0.3) is 0 Å². The summed E-state index contributed by atoms with van der Waals surface area (Å²) in [6.07, 6.45) is 0.839. The number of amides is 1. The molecule has 0 atom stereocenters. The van der Waals surface area contributed by atoms with Crippen LogP contribution < -0.4 is 9.62 Å². The van der Waals surface area contributed by atoms with Gasteiger partial charge in [-0.1, -0.05) is 71.7 Å². The van der Waals surface area contributed by atoms with E-state index in [1.807, 2.05) is 45.0 Å². The minimum Gasteiger partial charge on any atom is -0.443 e. The van der Waals surface area contributed by atoms with Crippen LogP contribution in [0.15, 0.2) is 82.7 Å². The number of halogens is 2. The van der Waals surface area contributed by atoms with Crippen molar-refractivity contribution < 1.29 is 22.7 Å². The number of hydrogen-bond donors (Lipinski definition) is 1. The molecule has 9 nitrogen and oxygen atoms in total. The monoisotopic (exact) mass is 672 g/mol. The Morgan fingerprint density at radius 3 is 2.40 bits per heavy atom.